The van der Waals surface area contributed by atoms with Gasteiger partial charge in [0.15, 0.2) is 0 Å². The highest BCUT2D eigenvalue weighted by Crippen LogP contribution is 2.11. The third kappa shape index (κ3) is 2.40. The lowest BCUT2D eigenvalue weighted by Gasteiger charge is -1.94. The number of aryl methyl sites for hydroxylation is 1. The van der Waals surface area contributed by atoms with Gasteiger partial charge in [-0.05, 0) is 11.6 Å². The summed E-state index contributed by atoms with van der Waals surface area (Å²) >= 11 is 0. The Balaban J connectivity index is 2.14. The molecule has 0 unspecified atom stereocenters. The van der Waals surface area contributed by atoms with Crippen molar-refractivity contribution < 1.29 is 0 Å². The van der Waals surface area contributed by atoms with Gasteiger partial charge < -0.3 is 0 Å². The van der Waals surface area contributed by atoms with Gasteiger partial charge >= 0.3 is 0 Å². The van der Waals surface area contributed by atoms with Crippen LogP contribution in [0.1, 0.15) is 19.8 Å². The molecule has 0 atom stereocenters. The Hall–Kier alpha value is -1.71. The van der Waals surface area contributed by atoms with Gasteiger partial charge in [-0.2, -0.15) is 4.80 Å². The van der Waals surface area contributed by atoms with E-state index in [1.807, 2.05) is 30.3 Å². The number of hydrogen-bond acceptors (Lipinski definition) is 3. The van der Waals surface area contributed by atoms with Gasteiger partial charge in [-0.1, -0.05) is 43.7 Å². The number of tetrazole rings is 1. The fraction of sp³-hybridized carbons (Fsp3) is 0.364. The minimum absolute atomic E-state index is 0.701. The Bertz CT molecular complexity index is 408. The van der Waals surface area contributed by atoms with Crippen molar-refractivity contribution in [3.8, 4) is 11.4 Å². The number of hydrogen-bond donors (Lipinski definition) is 0. The minimum Gasteiger partial charge on any atom is -0.164 e. The predicted octanol–water partition coefficient (Wildman–Crippen LogP) is 2.14. The molecule has 15 heavy (non-hydrogen) atoms. The first kappa shape index (κ1) is 9.83. The van der Waals surface area contributed by atoms with Gasteiger partial charge in [0, 0.05) is 5.56 Å². The number of nitrogens with zero attached hydrogens (tertiary/aromatic N) is 4. The van der Waals surface area contributed by atoms with Crippen LogP contribution < -0.4 is 0 Å². The van der Waals surface area contributed by atoms with Crippen molar-refractivity contribution in [2.45, 2.75) is 26.3 Å². The van der Waals surface area contributed by atoms with Gasteiger partial charge in [0.2, 0.25) is 5.82 Å². The van der Waals surface area contributed by atoms with E-state index >= 15 is 0 Å². The van der Waals surface area contributed by atoms with Gasteiger partial charge in [-0.3, -0.25) is 0 Å². The van der Waals surface area contributed by atoms with Crippen LogP contribution in [0.15, 0.2) is 30.3 Å². The van der Waals surface area contributed by atoms with Crippen LogP contribution in [0, 0.1) is 0 Å². The zero-order valence-corrected chi connectivity index (χ0v) is 8.80. The summed E-state index contributed by atoms with van der Waals surface area (Å²) in [5.41, 5.74) is 1.01. The monoisotopic (exact) mass is 202 g/mol. The van der Waals surface area contributed by atoms with Crippen LogP contribution in [-0.4, -0.2) is 20.2 Å². The first-order chi connectivity index (χ1) is 7.40. The minimum atomic E-state index is 0.701. The first-order valence-electron chi connectivity index (χ1n) is 5.23. The number of aromatic nitrogens is 4. The molecule has 0 fully saturated rings. The molecule has 1 aromatic carbocycles. The standard InChI is InChI=1S/C11H14N4/c1-2-3-9-15-13-11(12-14-15)10-7-5-4-6-8-10/h4-8H,2-3,9H2,1H3. The highest BCUT2D eigenvalue weighted by Gasteiger charge is 2.03. The molecule has 0 amide bonds. The van der Waals surface area contributed by atoms with Crippen LogP contribution >= 0.6 is 0 Å². The van der Waals surface area contributed by atoms with E-state index in [1.165, 1.54) is 0 Å². The van der Waals surface area contributed by atoms with Gasteiger partial charge in [0.05, 0.1) is 6.54 Å². The SMILES string of the molecule is CCCCn1nnc(-c2ccccc2)n1. The van der Waals surface area contributed by atoms with Crippen LogP contribution in [-0.2, 0) is 6.54 Å². The molecule has 4 nitrogen and oxygen atoms in total. The Kier molecular flexibility index (Phi) is 3.07. The highest BCUT2D eigenvalue weighted by molar-refractivity contribution is 5.52. The molecule has 0 aliphatic rings. The quantitative estimate of drug-likeness (QED) is 0.763. The molecular weight excluding hydrogens is 188 g/mol. The normalized spacial score (nSPS) is 10.5. The van der Waals surface area contributed by atoms with Crippen molar-refractivity contribution in [3.63, 3.8) is 0 Å². The van der Waals surface area contributed by atoms with E-state index in [-0.39, 0.29) is 0 Å². The number of benzene rings is 1. The molecule has 0 spiro atoms. The summed E-state index contributed by atoms with van der Waals surface area (Å²) in [6.45, 7) is 2.99. The molecule has 1 aromatic heterocycles. The maximum Gasteiger partial charge on any atom is 0.204 e. The van der Waals surface area contributed by atoms with Gasteiger partial charge in [-0.15, -0.1) is 10.2 Å². The Morgan fingerprint density at radius 1 is 1.20 bits per heavy atom. The average Bonchev–Trinajstić information content (AvgIpc) is 2.76. The maximum atomic E-state index is 4.31. The second-order valence-electron chi connectivity index (χ2n) is 3.43. The summed E-state index contributed by atoms with van der Waals surface area (Å²) in [4.78, 5) is 1.66. The molecule has 4 heteroatoms. The topological polar surface area (TPSA) is 43.6 Å². The van der Waals surface area contributed by atoms with E-state index in [2.05, 4.69) is 22.3 Å². The third-order valence-corrected chi connectivity index (χ3v) is 2.20. The number of unbranched alkanes of at least 4 members (excludes halogenated alkanes) is 1. The summed E-state index contributed by atoms with van der Waals surface area (Å²) < 4.78 is 0. The second kappa shape index (κ2) is 4.68. The Labute approximate surface area is 88.9 Å². The summed E-state index contributed by atoms with van der Waals surface area (Å²) in [6, 6.07) is 9.90. The van der Waals surface area contributed by atoms with E-state index in [1.54, 1.807) is 4.80 Å². The van der Waals surface area contributed by atoms with Crippen molar-refractivity contribution in [1.29, 1.82) is 0 Å². The molecule has 0 aliphatic heterocycles. The van der Waals surface area contributed by atoms with Crippen molar-refractivity contribution in [3.05, 3.63) is 30.3 Å². The van der Waals surface area contributed by atoms with Crippen LogP contribution in [0.2, 0.25) is 0 Å². The van der Waals surface area contributed by atoms with Crippen LogP contribution in [0.25, 0.3) is 11.4 Å². The molecule has 1 heterocycles. The van der Waals surface area contributed by atoms with Crippen molar-refractivity contribution in [2.24, 2.45) is 0 Å². The van der Waals surface area contributed by atoms with E-state index in [0.29, 0.717) is 5.82 Å². The molecule has 2 rings (SSSR count). The fourth-order valence-corrected chi connectivity index (χ4v) is 1.34. The van der Waals surface area contributed by atoms with E-state index in [4.69, 9.17) is 0 Å². The molecule has 0 saturated carbocycles. The Morgan fingerprint density at radius 2 is 2.00 bits per heavy atom. The van der Waals surface area contributed by atoms with E-state index < -0.39 is 0 Å². The summed E-state index contributed by atoms with van der Waals surface area (Å²) in [5, 5.41) is 12.3. The zero-order valence-electron chi connectivity index (χ0n) is 8.80. The van der Waals surface area contributed by atoms with E-state index in [9.17, 15) is 0 Å². The smallest absolute Gasteiger partial charge is 0.164 e. The van der Waals surface area contributed by atoms with Crippen LogP contribution in [0.3, 0.4) is 0 Å². The molecule has 78 valence electrons. The largest absolute Gasteiger partial charge is 0.204 e. The zero-order chi connectivity index (χ0) is 10.5. The molecule has 0 radical (unpaired) electrons. The third-order valence-electron chi connectivity index (χ3n) is 2.20. The van der Waals surface area contributed by atoms with Gasteiger partial charge in [0.25, 0.3) is 0 Å². The van der Waals surface area contributed by atoms with Crippen molar-refractivity contribution in [1.82, 2.24) is 20.2 Å². The maximum absolute atomic E-state index is 4.31. The van der Waals surface area contributed by atoms with E-state index in [0.717, 1.165) is 24.9 Å². The first-order valence-corrected chi connectivity index (χ1v) is 5.23. The molecule has 0 saturated heterocycles. The summed E-state index contributed by atoms with van der Waals surface area (Å²) in [7, 11) is 0. The Morgan fingerprint density at radius 3 is 2.73 bits per heavy atom. The second-order valence-corrected chi connectivity index (χ2v) is 3.43. The lowest BCUT2D eigenvalue weighted by atomic mass is 10.2. The molecule has 0 bridgehead atoms. The van der Waals surface area contributed by atoms with Gasteiger partial charge in [-0.25, -0.2) is 0 Å². The van der Waals surface area contributed by atoms with Crippen molar-refractivity contribution >= 4 is 0 Å². The molecular formula is C11H14N4. The summed E-state index contributed by atoms with van der Waals surface area (Å²) in [6.07, 6.45) is 2.23. The number of rotatable bonds is 4. The van der Waals surface area contributed by atoms with Crippen LogP contribution in [0.4, 0.5) is 0 Å². The van der Waals surface area contributed by atoms with Crippen LogP contribution in [0.5, 0.6) is 0 Å². The fourth-order valence-electron chi connectivity index (χ4n) is 1.34. The van der Waals surface area contributed by atoms with Gasteiger partial charge in [0.1, 0.15) is 0 Å². The molecule has 0 N–H and O–H groups in total. The average molecular weight is 202 g/mol. The van der Waals surface area contributed by atoms with Crippen molar-refractivity contribution in [2.75, 3.05) is 0 Å². The lowest BCUT2D eigenvalue weighted by molar-refractivity contribution is 0.496. The molecule has 0 aliphatic carbocycles. The predicted molar refractivity (Wildman–Crippen MR) is 58.2 cm³/mol. The molecule has 2 aromatic rings. The lowest BCUT2D eigenvalue weighted by Crippen LogP contribution is -2.01. The highest BCUT2D eigenvalue weighted by atomic mass is 15.6. The summed E-state index contributed by atoms with van der Waals surface area (Å²) in [5.74, 6) is 0.701.